The van der Waals surface area contributed by atoms with Gasteiger partial charge in [0, 0.05) is 6.04 Å². The second kappa shape index (κ2) is 5.32. The zero-order chi connectivity index (χ0) is 12.3. The predicted octanol–water partition coefficient (Wildman–Crippen LogP) is -0.0665. The Morgan fingerprint density at radius 1 is 1.65 bits per heavy atom. The number of aromatic nitrogens is 2. The van der Waals surface area contributed by atoms with Crippen LogP contribution in [0.4, 0.5) is 0 Å². The second-order valence-corrected chi connectivity index (χ2v) is 7.95. The van der Waals surface area contributed by atoms with E-state index in [4.69, 9.17) is 0 Å². The minimum Gasteiger partial charge on any atom is -0.352 e. The Hall–Kier alpha value is -0.670. The summed E-state index contributed by atoms with van der Waals surface area (Å²) in [5, 5.41) is 10.2. The molecule has 0 aromatic carbocycles. The molecule has 0 spiro atoms. The van der Waals surface area contributed by atoms with E-state index in [9.17, 15) is 13.2 Å². The lowest BCUT2D eigenvalue weighted by Gasteiger charge is -2.09. The number of nitrogens with one attached hydrogen (secondary N) is 1. The molecule has 2 rings (SSSR count). The third-order valence-corrected chi connectivity index (χ3v) is 5.89. The lowest BCUT2D eigenvalue weighted by molar-refractivity contribution is -0.119. The lowest BCUT2D eigenvalue weighted by Crippen LogP contribution is -2.36. The first kappa shape index (κ1) is 12.8. The molecule has 0 radical (unpaired) electrons. The van der Waals surface area contributed by atoms with Gasteiger partial charge in [0.05, 0.1) is 17.3 Å². The first-order valence-electron chi connectivity index (χ1n) is 4.94. The van der Waals surface area contributed by atoms with Crippen molar-refractivity contribution in [2.24, 2.45) is 0 Å². The van der Waals surface area contributed by atoms with Crippen molar-refractivity contribution in [1.82, 2.24) is 15.5 Å². The van der Waals surface area contributed by atoms with Crippen molar-refractivity contribution in [2.75, 3.05) is 17.3 Å². The van der Waals surface area contributed by atoms with Gasteiger partial charge in [-0.3, -0.25) is 4.79 Å². The first-order chi connectivity index (χ1) is 8.05. The molecule has 1 aromatic rings. The Morgan fingerprint density at radius 3 is 3.06 bits per heavy atom. The summed E-state index contributed by atoms with van der Waals surface area (Å²) in [5.41, 5.74) is 1.60. The van der Waals surface area contributed by atoms with Crippen LogP contribution in [0.15, 0.2) is 9.85 Å². The predicted molar refractivity (Wildman–Crippen MR) is 65.8 cm³/mol. The van der Waals surface area contributed by atoms with E-state index in [-0.39, 0.29) is 29.2 Å². The van der Waals surface area contributed by atoms with Gasteiger partial charge in [0.1, 0.15) is 5.51 Å². The Bertz CT molecular complexity index is 485. The third kappa shape index (κ3) is 3.93. The Kier molecular flexibility index (Phi) is 4.00. The van der Waals surface area contributed by atoms with Gasteiger partial charge in [0.15, 0.2) is 14.2 Å². The average Bonchev–Trinajstić information content (AvgIpc) is 2.85. The van der Waals surface area contributed by atoms with Crippen LogP contribution in [0.5, 0.6) is 0 Å². The van der Waals surface area contributed by atoms with E-state index in [1.807, 2.05) is 0 Å². The molecule has 94 valence electrons. The van der Waals surface area contributed by atoms with E-state index in [1.54, 1.807) is 5.51 Å². The zero-order valence-corrected chi connectivity index (χ0v) is 11.3. The van der Waals surface area contributed by atoms with Crippen LogP contribution in [0, 0.1) is 0 Å². The van der Waals surface area contributed by atoms with Gasteiger partial charge >= 0.3 is 0 Å². The maximum atomic E-state index is 11.5. The van der Waals surface area contributed by atoms with Gasteiger partial charge in [-0.1, -0.05) is 23.1 Å². The summed E-state index contributed by atoms with van der Waals surface area (Å²) in [5.74, 6) is 0.308. The molecule has 1 N–H and O–H groups in total. The fraction of sp³-hybridized carbons (Fsp3) is 0.625. The minimum atomic E-state index is -2.94. The molecular formula is C8H11N3O3S3. The molecule has 1 amide bonds. The van der Waals surface area contributed by atoms with Crippen molar-refractivity contribution in [2.45, 2.75) is 16.8 Å². The number of carbonyl (C=O) groups is 1. The number of carbonyl (C=O) groups excluding carboxylic acids is 1. The van der Waals surface area contributed by atoms with E-state index >= 15 is 0 Å². The van der Waals surface area contributed by atoms with Crippen molar-refractivity contribution < 1.29 is 13.2 Å². The van der Waals surface area contributed by atoms with Crippen LogP contribution in [-0.4, -0.2) is 47.8 Å². The van der Waals surface area contributed by atoms with Crippen LogP contribution in [0.25, 0.3) is 0 Å². The maximum Gasteiger partial charge on any atom is 0.230 e. The number of sulfone groups is 1. The van der Waals surface area contributed by atoms with Crippen molar-refractivity contribution in [3.8, 4) is 0 Å². The highest BCUT2D eigenvalue weighted by Crippen LogP contribution is 2.18. The summed E-state index contributed by atoms with van der Waals surface area (Å²) >= 11 is 2.67. The average molecular weight is 293 g/mol. The highest BCUT2D eigenvalue weighted by molar-refractivity contribution is 8.01. The number of hydrogen-bond acceptors (Lipinski definition) is 7. The number of thioether (sulfide) groups is 1. The fourth-order valence-corrected chi connectivity index (χ4v) is 4.50. The van der Waals surface area contributed by atoms with E-state index in [2.05, 4.69) is 15.5 Å². The van der Waals surface area contributed by atoms with Gasteiger partial charge in [-0.2, -0.15) is 0 Å². The van der Waals surface area contributed by atoms with Gasteiger partial charge < -0.3 is 5.32 Å². The number of amides is 1. The van der Waals surface area contributed by atoms with Crippen molar-refractivity contribution in [3.05, 3.63) is 5.51 Å². The topological polar surface area (TPSA) is 89.0 Å². The van der Waals surface area contributed by atoms with Crippen LogP contribution in [0.1, 0.15) is 6.42 Å². The van der Waals surface area contributed by atoms with Gasteiger partial charge in [-0.15, -0.1) is 10.2 Å². The molecule has 9 heteroatoms. The van der Waals surface area contributed by atoms with Crippen LogP contribution < -0.4 is 5.32 Å². The molecule has 6 nitrogen and oxygen atoms in total. The number of nitrogens with zero attached hydrogens (tertiary/aromatic N) is 2. The molecule has 2 heterocycles. The monoisotopic (exact) mass is 293 g/mol. The Labute approximate surface area is 107 Å². The summed E-state index contributed by atoms with van der Waals surface area (Å²) in [6.45, 7) is 0. The summed E-state index contributed by atoms with van der Waals surface area (Å²) < 4.78 is 23.1. The molecular weight excluding hydrogens is 282 g/mol. The standard InChI is InChI=1S/C8H11N3O3S3/c12-7(3-15-8-11-9-5-16-8)10-6-1-2-17(13,14)4-6/h5-6H,1-4H2,(H,10,12). The smallest absolute Gasteiger partial charge is 0.230 e. The highest BCUT2D eigenvalue weighted by Gasteiger charge is 2.28. The van der Waals surface area contributed by atoms with E-state index in [0.29, 0.717) is 6.42 Å². The summed E-state index contributed by atoms with van der Waals surface area (Å²) in [6, 6.07) is -0.234. The summed E-state index contributed by atoms with van der Waals surface area (Å²) in [4.78, 5) is 11.5. The molecule has 1 atom stereocenters. The lowest BCUT2D eigenvalue weighted by atomic mass is 10.3. The van der Waals surface area contributed by atoms with Crippen LogP contribution in [0.3, 0.4) is 0 Å². The van der Waals surface area contributed by atoms with Gasteiger partial charge in [0.2, 0.25) is 5.91 Å². The molecule has 1 unspecified atom stereocenters. The summed E-state index contributed by atoms with van der Waals surface area (Å²) in [7, 11) is -2.94. The zero-order valence-electron chi connectivity index (χ0n) is 8.83. The number of rotatable bonds is 4. The van der Waals surface area contributed by atoms with Crippen LogP contribution in [0.2, 0.25) is 0 Å². The van der Waals surface area contributed by atoms with Gasteiger partial charge in [-0.05, 0) is 6.42 Å². The van der Waals surface area contributed by atoms with Crippen LogP contribution >= 0.6 is 23.1 Å². The Morgan fingerprint density at radius 2 is 2.47 bits per heavy atom. The van der Waals surface area contributed by atoms with Crippen LogP contribution in [-0.2, 0) is 14.6 Å². The minimum absolute atomic E-state index is 0.0578. The van der Waals surface area contributed by atoms with E-state index in [1.165, 1.54) is 23.1 Å². The quantitative estimate of drug-likeness (QED) is 0.782. The normalized spacial score (nSPS) is 22.5. The van der Waals surface area contributed by atoms with Gasteiger partial charge in [0.25, 0.3) is 0 Å². The third-order valence-electron chi connectivity index (χ3n) is 2.26. The maximum absolute atomic E-state index is 11.5. The highest BCUT2D eigenvalue weighted by atomic mass is 32.2. The SMILES string of the molecule is O=C(CSc1nncs1)NC1CCS(=O)(=O)C1. The molecule has 0 saturated carbocycles. The molecule has 1 aliphatic rings. The molecule has 1 aliphatic heterocycles. The van der Waals surface area contributed by atoms with Gasteiger partial charge in [-0.25, -0.2) is 8.42 Å². The Balaban J connectivity index is 1.75. The van der Waals surface area contributed by atoms with Crippen molar-refractivity contribution in [1.29, 1.82) is 0 Å². The van der Waals surface area contributed by atoms with Crippen molar-refractivity contribution in [3.63, 3.8) is 0 Å². The fourth-order valence-electron chi connectivity index (χ4n) is 1.53. The van der Waals surface area contributed by atoms with E-state index < -0.39 is 9.84 Å². The van der Waals surface area contributed by atoms with E-state index in [0.717, 1.165) is 4.34 Å². The molecule has 1 aromatic heterocycles. The second-order valence-electron chi connectivity index (χ2n) is 3.66. The summed E-state index contributed by atoms with van der Waals surface area (Å²) in [6.07, 6.45) is 0.511. The van der Waals surface area contributed by atoms with Crippen molar-refractivity contribution >= 4 is 38.8 Å². The first-order valence-corrected chi connectivity index (χ1v) is 8.62. The largest absolute Gasteiger partial charge is 0.352 e. The molecule has 17 heavy (non-hydrogen) atoms. The molecule has 1 fully saturated rings. The molecule has 0 aliphatic carbocycles. The molecule has 1 saturated heterocycles. The number of hydrogen-bond donors (Lipinski definition) is 1. The molecule has 0 bridgehead atoms.